The standard InChI is InChI=1S/C12H15N3O/c1-15-8-12(16)14-10-5-4-9(3-2-6-13)7-11(10)15/h2-5,7H,6,8,13H2,1H3,(H,14,16)/b3-2+. The highest BCUT2D eigenvalue weighted by Gasteiger charge is 2.18. The maximum absolute atomic E-state index is 11.3. The van der Waals surface area contributed by atoms with Gasteiger partial charge in [0, 0.05) is 13.6 Å². The lowest BCUT2D eigenvalue weighted by Gasteiger charge is -2.27. The van der Waals surface area contributed by atoms with Crippen LogP contribution in [0.4, 0.5) is 11.4 Å². The molecule has 0 unspecified atom stereocenters. The lowest BCUT2D eigenvalue weighted by atomic mass is 10.1. The van der Waals surface area contributed by atoms with Crippen LogP contribution < -0.4 is 16.0 Å². The summed E-state index contributed by atoms with van der Waals surface area (Å²) in [5.74, 6) is 0.0280. The molecule has 1 aromatic rings. The number of hydrogen-bond acceptors (Lipinski definition) is 3. The molecule has 0 aliphatic carbocycles. The average Bonchev–Trinajstić information content (AvgIpc) is 2.26. The number of nitrogens with two attached hydrogens (primary N) is 1. The van der Waals surface area contributed by atoms with E-state index in [1.165, 1.54) is 0 Å². The van der Waals surface area contributed by atoms with Crippen LogP contribution >= 0.6 is 0 Å². The molecule has 3 N–H and O–H groups in total. The van der Waals surface area contributed by atoms with Crippen molar-refractivity contribution in [3.8, 4) is 0 Å². The summed E-state index contributed by atoms with van der Waals surface area (Å²) in [5.41, 5.74) is 8.40. The molecule has 1 heterocycles. The van der Waals surface area contributed by atoms with Gasteiger partial charge in [0.25, 0.3) is 0 Å². The van der Waals surface area contributed by atoms with E-state index in [1.807, 2.05) is 42.3 Å². The van der Waals surface area contributed by atoms with Crippen molar-refractivity contribution in [3.05, 3.63) is 29.8 Å². The Morgan fingerprint density at radius 2 is 2.38 bits per heavy atom. The van der Waals surface area contributed by atoms with Gasteiger partial charge in [0.05, 0.1) is 17.9 Å². The van der Waals surface area contributed by atoms with Gasteiger partial charge in [-0.2, -0.15) is 0 Å². The molecule has 2 rings (SSSR count). The SMILES string of the molecule is CN1CC(=O)Nc2ccc(/C=C/CN)cc21. The molecule has 16 heavy (non-hydrogen) atoms. The highest BCUT2D eigenvalue weighted by atomic mass is 16.2. The Morgan fingerprint density at radius 3 is 3.12 bits per heavy atom. The molecule has 4 nitrogen and oxygen atoms in total. The van der Waals surface area contributed by atoms with E-state index in [0.29, 0.717) is 13.1 Å². The Bertz CT molecular complexity index is 440. The fourth-order valence-corrected chi connectivity index (χ4v) is 1.77. The molecular weight excluding hydrogens is 202 g/mol. The van der Waals surface area contributed by atoms with Crippen molar-refractivity contribution >= 4 is 23.4 Å². The Morgan fingerprint density at radius 1 is 1.56 bits per heavy atom. The fourth-order valence-electron chi connectivity index (χ4n) is 1.77. The molecule has 0 atom stereocenters. The molecule has 0 spiro atoms. The number of hydrogen-bond donors (Lipinski definition) is 2. The molecule has 1 aliphatic heterocycles. The molecule has 0 saturated heterocycles. The molecule has 0 fully saturated rings. The first-order chi connectivity index (χ1) is 7.70. The lowest BCUT2D eigenvalue weighted by Crippen LogP contribution is -2.35. The van der Waals surface area contributed by atoms with Gasteiger partial charge in [-0.3, -0.25) is 4.79 Å². The van der Waals surface area contributed by atoms with Gasteiger partial charge in [0.15, 0.2) is 0 Å². The predicted octanol–water partition coefficient (Wildman–Crippen LogP) is 1.05. The monoisotopic (exact) mass is 217 g/mol. The van der Waals surface area contributed by atoms with Gasteiger partial charge in [-0.1, -0.05) is 18.2 Å². The maximum atomic E-state index is 11.3. The second kappa shape index (κ2) is 4.37. The molecule has 0 radical (unpaired) electrons. The van der Waals surface area contributed by atoms with E-state index in [1.54, 1.807) is 0 Å². The molecule has 1 amide bonds. The van der Waals surface area contributed by atoms with E-state index in [4.69, 9.17) is 5.73 Å². The Labute approximate surface area is 94.7 Å². The number of nitrogens with zero attached hydrogens (tertiary/aromatic N) is 1. The van der Waals surface area contributed by atoms with Crippen LogP contribution in [-0.2, 0) is 4.79 Å². The summed E-state index contributed by atoms with van der Waals surface area (Å²) in [4.78, 5) is 13.2. The first kappa shape index (κ1) is 10.7. The number of nitrogens with one attached hydrogen (secondary N) is 1. The largest absolute Gasteiger partial charge is 0.364 e. The molecule has 84 valence electrons. The molecule has 1 aromatic carbocycles. The van der Waals surface area contributed by atoms with Gasteiger partial charge in [-0.15, -0.1) is 0 Å². The van der Waals surface area contributed by atoms with Gasteiger partial charge in [0.1, 0.15) is 0 Å². The van der Waals surface area contributed by atoms with Crippen molar-refractivity contribution in [2.45, 2.75) is 0 Å². The van der Waals surface area contributed by atoms with E-state index in [9.17, 15) is 4.79 Å². The zero-order chi connectivity index (χ0) is 11.5. The maximum Gasteiger partial charge on any atom is 0.243 e. The minimum Gasteiger partial charge on any atom is -0.364 e. The summed E-state index contributed by atoms with van der Waals surface area (Å²) in [6.07, 6.45) is 3.88. The second-order valence-corrected chi connectivity index (χ2v) is 3.82. The van der Waals surface area contributed by atoms with Gasteiger partial charge in [-0.25, -0.2) is 0 Å². The number of carbonyl (C=O) groups is 1. The van der Waals surface area contributed by atoms with E-state index in [-0.39, 0.29) is 5.91 Å². The minimum atomic E-state index is 0.0280. The number of fused-ring (bicyclic) bond motifs is 1. The van der Waals surface area contributed by atoms with E-state index in [0.717, 1.165) is 16.9 Å². The minimum absolute atomic E-state index is 0.0280. The summed E-state index contributed by atoms with van der Waals surface area (Å²) in [6, 6.07) is 5.92. The van der Waals surface area contributed by atoms with E-state index < -0.39 is 0 Å². The lowest BCUT2D eigenvalue weighted by molar-refractivity contribution is -0.115. The predicted molar refractivity (Wildman–Crippen MR) is 66.4 cm³/mol. The molecule has 1 aliphatic rings. The fraction of sp³-hybridized carbons (Fsp3) is 0.250. The Balaban J connectivity index is 2.34. The summed E-state index contributed by atoms with van der Waals surface area (Å²) < 4.78 is 0. The van der Waals surface area contributed by atoms with Gasteiger partial charge < -0.3 is 16.0 Å². The number of benzene rings is 1. The molecule has 4 heteroatoms. The van der Waals surface area contributed by atoms with Crippen molar-refractivity contribution in [2.75, 3.05) is 30.4 Å². The van der Waals surface area contributed by atoms with Crippen LogP contribution in [0.15, 0.2) is 24.3 Å². The number of anilines is 2. The van der Waals surface area contributed by atoms with Crippen LogP contribution in [0.3, 0.4) is 0 Å². The van der Waals surface area contributed by atoms with Gasteiger partial charge in [-0.05, 0) is 17.7 Å². The summed E-state index contributed by atoms with van der Waals surface area (Å²) in [7, 11) is 1.91. The zero-order valence-electron chi connectivity index (χ0n) is 9.23. The highest BCUT2D eigenvalue weighted by Crippen LogP contribution is 2.29. The van der Waals surface area contributed by atoms with Crippen molar-refractivity contribution in [2.24, 2.45) is 5.73 Å². The summed E-state index contributed by atoms with van der Waals surface area (Å²) >= 11 is 0. The summed E-state index contributed by atoms with van der Waals surface area (Å²) in [6.45, 7) is 0.931. The van der Waals surface area contributed by atoms with Gasteiger partial charge >= 0.3 is 0 Å². The smallest absolute Gasteiger partial charge is 0.243 e. The third-order valence-corrected chi connectivity index (χ3v) is 2.53. The average molecular weight is 217 g/mol. The zero-order valence-corrected chi connectivity index (χ0v) is 9.23. The van der Waals surface area contributed by atoms with Gasteiger partial charge in [0.2, 0.25) is 5.91 Å². The highest BCUT2D eigenvalue weighted by molar-refractivity contribution is 6.01. The van der Waals surface area contributed by atoms with Crippen LogP contribution in [0.2, 0.25) is 0 Å². The number of rotatable bonds is 2. The Hall–Kier alpha value is -1.81. The number of carbonyl (C=O) groups excluding carboxylic acids is 1. The van der Waals surface area contributed by atoms with Crippen LogP contribution in [-0.4, -0.2) is 26.0 Å². The van der Waals surface area contributed by atoms with Crippen molar-refractivity contribution in [1.29, 1.82) is 0 Å². The number of likely N-dealkylation sites (N-methyl/N-ethyl adjacent to an activating group) is 1. The summed E-state index contributed by atoms with van der Waals surface area (Å²) in [5, 5.41) is 2.84. The molecule has 0 saturated carbocycles. The normalized spacial score (nSPS) is 15.1. The third kappa shape index (κ3) is 2.06. The first-order valence-corrected chi connectivity index (χ1v) is 5.22. The first-order valence-electron chi connectivity index (χ1n) is 5.22. The second-order valence-electron chi connectivity index (χ2n) is 3.82. The topological polar surface area (TPSA) is 58.4 Å². The third-order valence-electron chi connectivity index (χ3n) is 2.53. The number of amides is 1. The molecular formula is C12H15N3O. The quantitative estimate of drug-likeness (QED) is 0.778. The van der Waals surface area contributed by atoms with Crippen LogP contribution in [0.25, 0.3) is 6.08 Å². The molecule has 0 aromatic heterocycles. The van der Waals surface area contributed by atoms with Crippen LogP contribution in [0, 0.1) is 0 Å². The van der Waals surface area contributed by atoms with Crippen molar-refractivity contribution in [1.82, 2.24) is 0 Å². The molecule has 0 bridgehead atoms. The Kier molecular flexibility index (Phi) is 2.92. The van der Waals surface area contributed by atoms with Crippen LogP contribution in [0.5, 0.6) is 0 Å². The van der Waals surface area contributed by atoms with Crippen LogP contribution in [0.1, 0.15) is 5.56 Å². The van der Waals surface area contributed by atoms with E-state index in [2.05, 4.69) is 5.32 Å². The van der Waals surface area contributed by atoms with Crippen molar-refractivity contribution in [3.63, 3.8) is 0 Å². The van der Waals surface area contributed by atoms with Crippen molar-refractivity contribution < 1.29 is 4.79 Å². The van der Waals surface area contributed by atoms with E-state index >= 15 is 0 Å².